The molecule has 96 valence electrons. The van der Waals surface area contributed by atoms with Gasteiger partial charge in [-0.1, -0.05) is 33.6 Å². The van der Waals surface area contributed by atoms with Crippen LogP contribution in [0.3, 0.4) is 0 Å². The molecule has 0 bridgehead atoms. The quantitative estimate of drug-likeness (QED) is 0.781. The number of likely N-dealkylation sites (tertiary alicyclic amines) is 1. The second-order valence-corrected chi connectivity index (χ2v) is 5.80. The fourth-order valence-corrected chi connectivity index (χ4v) is 2.92. The van der Waals surface area contributed by atoms with Gasteiger partial charge in [-0.3, -0.25) is 4.90 Å². The van der Waals surface area contributed by atoms with Gasteiger partial charge in [0.1, 0.15) is 0 Å². The van der Waals surface area contributed by atoms with E-state index in [1.54, 1.807) is 0 Å². The molecule has 2 atom stereocenters. The van der Waals surface area contributed by atoms with Crippen LogP contribution in [0.2, 0.25) is 0 Å². The Balaban J connectivity index is 2.41. The van der Waals surface area contributed by atoms with Crippen molar-refractivity contribution < 1.29 is 0 Å². The molecule has 1 heterocycles. The maximum absolute atomic E-state index is 6.23. The van der Waals surface area contributed by atoms with E-state index >= 15 is 0 Å². The van der Waals surface area contributed by atoms with E-state index in [2.05, 4.69) is 25.7 Å². The molecule has 1 fully saturated rings. The zero-order valence-electron chi connectivity index (χ0n) is 11.4. The zero-order valence-corrected chi connectivity index (χ0v) is 11.4. The van der Waals surface area contributed by atoms with Crippen LogP contribution in [0.1, 0.15) is 59.3 Å². The largest absolute Gasteiger partial charge is 0.327 e. The summed E-state index contributed by atoms with van der Waals surface area (Å²) in [5.74, 6) is 0.724. The molecule has 2 unspecified atom stereocenters. The van der Waals surface area contributed by atoms with Crippen molar-refractivity contribution in [1.29, 1.82) is 0 Å². The number of nitrogens with zero attached hydrogens (tertiary/aromatic N) is 1. The van der Waals surface area contributed by atoms with Gasteiger partial charge < -0.3 is 5.73 Å². The summed E-state index contributed by atoms with van der Waals surface area (Å²) in [6.07, 6.45) is 8.01. The molecule has 0 radical (unpaired) electrons. The third-order valence-corrected chi connectivity index (χ3v) is 3.71. The highest BCUT2D eigenvalue weighted by Gasteiger charge is 2.21. The van der Waals surface area contributed by atoms with Crippen LogP contribution in [0.25, 0.3) is 0 Å². The third kappa shape index (κ3) is 4.84. The molecule has 0 aromatic carbocycles. The molecule has 0 saturated carbocycles. The summed E-state index contributed by atoms with van der Waals surface area (Å²) in [4.78, 5) is 2.65. The van der Waals surface area contributed by atoms with E-state index in [9.17, 15) is 0 Å². The number of hydrogen-bond acceptors (Lipinski definition) is 2. The first-order valence-electron chi connectivity index (χ1n) is 7.13. The molecule has 1 aliphatic heterocycles. The van der Waals surface area contributed by atoms with Gasteiger partial charge in [0.15, 0.2) is 0 Å². The molecule has 1 rings (SSSR count). The van der Waals surface area contributed by atoms with Crippen molar-refractivity contribution in [2.75, 3.05) is 13.1 Å². The molecule has 2 nitrogen and oxygen atoms in total. The van der Waals surface area contributed by atoms with Crippen molar-refractivity contribution in [3.05, 3.63) is 0 Å². The summed E-state index contributed by atoms with van der Waals surface area (Å²) in [5.41, 5.74) is 6.23. The predicted molar refractivity (Wildman–Crippen MR) is 71.6 cm³/mol. The van der Waals surface area contributed by atoms with E-state index in [1.165, 1.54) is 38.6 Å². The van der Waals surface area contributed by atoms with E-state index in [4.69, 9.17) is 5.73 Å². The van der Waals surface area contributed by atoms with Crippen molar-refractivity contribution >= 4 is 0 Å². The maximum Gasteiger partial charge on any atom is 0.0170 e. The Morgan fingerprint density at radius 3 is 2.62 bits per heavy atom. The predicted octanol–water partition coefficient (Wildman–Crippen LogP) is 3.01. The standard InChI is InChI=1S/C14H30N2/c1-4-14-8-6-5-7-9-16(14)11-13(15)10-12(2)3/h12-14H,4-11,15H2,1-3H3. The van der Waals surface area contributed by atoms with Crippen LogP contribution in [0.4, 0.5) is 0 Å². The van der Waals surface area contributed by atoms with Crippen molar-refractivity contribution in [1.82, 2.24) is 4.90 Å². The van der Waals surface area contributed by atoms with Crippen LogP contribution < -0.4 is 5.73 Å². The number of nitrogens with two attached hydrogens (primary N) is 1. The molecule has 0 spiro atoms. The second-order valence-electron chi connectivity index (χ2n) is 5.80. The molecule has 0 aliphatic carbocycles. The van der Waals surface area contributed by atoms with Gasteiger partial charge in [0, 0.05) is 18.6 Å². The Kier molecular flexibility index (Phi) is 6.37. The minimum atomic E-state index is 0.368. The summed E-state index contributed by atoms with van der Waals surface area (Å²) >= 11 is 0. The van der Waals surface area contributed by atoms with Crippen molar-refractivity contribution in [2.45, 2.75) is 71.4 Å². The summed E-state index contributed by atoms with van der Waals surface area (Å²) in [6.45, 7) is 9.22. The van der Waals surface area contributed by atoms with Crippen LogP contribution in [0.15, 0.2) is 0 Å². The molecular weight excluding hydrogens is 196 g/mol. The molecule has 0 aromatic rings. The molecular formula is C14H30N2. The molecule has 2 N–H and O–H groups in total. The van der Waals surface area contributed by atoms with Gasteiger partial charge in [-0.15, -0.1) is 0 Å². The zero-order chi connectivity index (χ0) is 12.0. The van der Waals surface area contributed by atoms with Gasteiger partial charge in [-0.05, 0) is 38.1 Å². The first-order chi connectivity index (χ1) is 7.63. The summed E-state index contributed by atoms with van der Waals surface area (Å²) in [7, 11) is 0. The SMILES string of the molecule is CCC1CCCCCN1CC(N)CC(C)C. The highest BCUT2D eigenvalue weighted by molar-refractivity contribution is 4.78. The monoisotopic (exact) mass is 226 g/mol. The Morgan fingerprint density at radius 1 is 1.25 bits per heavy atom. The molecule has 2 heteroatoms. The molecule has 16 heavy (non-hydrogen) atoms. The highest BCUT2D eigenvalue weighted by Crippen LogP contribution is 2.19. The lowest BCUT2D eigenvalue weighted by molar-refractivity contribution is 0.177. The van der Waals surface area contributed by atoms with Crippen LogP contribution in [0, 0.1) is 5.92 Å². The lowest BCUT2D eigenvalue weighted by Crippen LogP contribution is -2.43. The summed E-state index contributed by atoms with van der Waals surface area (Å²) in [5, 5.41) is 0. The highest BCUT2D eigenvalue weighted by atomic mass is 15.2. The Morgan fingerprint density at radius 2 is 2.00 bits per heavy atom. The van der Waals surface area contributed by atoms with Crippen LogP contribution in [0.5, 0.6) is 0 Å². The fraction of sp³-hybridized carbons (Fsp3) is 1.00. The van der Waals surface area contributed by atoms with Gasteiger partial charge in [0.25, 0.3) is 0 Å². The molecule has 0 amide bonds. The number of rotatable bonds is 5. The van der Waals surface area contributed by atoms with Crippen molar-refractivity contribution in [3.8, 4) is 0 Å². The van der Waals surface area contributed by atoms with Gasteiger partial charge in [-0.2, -0.15) is 0 Å². The smallest absolute Gasteiger partial charge is 0.0170 e. The topological polar surface area (TPSA) is 29.3 Å². The third-order valence-electron chi connectivity index (χ3n) is 3.71. The average molecular weight is 226 g/mol. The minimum absolute atomic E-state index is 0.368. The average Bonchev–Trinajstić information content (AvgIpc) is 2.41. The first kappa shape index (κ1) is 14.0. The fourth-order valence-electron chi connectivity index (χ4n) is 2.92. The van der Waals surface area contributed by atoms with Crippen LogP contribution in [-0.2, 0) is 0 Å². The van der Waals surface area contributed by atoms with Crippen LogP contribution >= 0.6 is 0 Å². The maximum atomic E-state index is 6.23. The van der Waals surface area contributed by atoms with E-state index in [1.807, 2.05) is 0 Å². The van der Waals surface area contributed by atoms with E-state index in [0.717, 1.165) is 24.9 Å². The summed E-state index contributed by atoms with van der Waals surface area (Å²) < 4.78 is 0. The van der Waals surface area contributed by atoms with E-state index in [-0.39, 0.29) is 0 Å². The lowest BCUT2D eigenvalue weighted by atomic mass is 10.0. The molecule has 0 aromatic heterocycles. The Hall–Kier alpha value is -0.0800. The van der Waals surface area contributed by atoms with Crippen LogP contribution in [-0.4, -0.2) is 30.1 Å². The Labute approximate surface area is 102 Å². The first-order valence-corrected chi connectivity index (χ1v) is 7.13. The van der Waals surface area contributed by atoms with Gasteiger partial charge in [-0.25, -0.2) is 0 Å². The number of hydrogen-bond donors (Lipinski definition) is 1. The van der Waals surface area contributed by atoms with Crippen molar-refractivity contribution in [3.63, 3.8) is 0 Å². The normalized spacial score (nSPS) is 25.7. The van der Waals surface area contributed by atoms with Crippen molar-refractivity contribution in [2.24, 2.45) is 11.7 Å². The minimum Gasteiger partial charge on any atom is -0.327 e. The Bertz CT molecular complexity index is 180. The van der Waals surface area contributed by atoms with E-state index in [0.29, 0.717) is 6.04 Å². The van der Waals surface area contributed by atoms with Gasteiger partial charge >= 0.3 is 0 Å². The van der Waals surface area contributed by atoms with Gasteiger partial charge in [0.2, 0.25) is 0 Å². The summed E-state index contributed by atoms with van der Waals surface area (Å²) in [6, 6.07) is 1.16. The lowest BCUT2D eigenvalue weighted by Gasteiger charge is -2.31. The molecule has 1 saturated heterocycles. The van der Waals surface area contributed by atoms with E-state index < -0.39 is 0 Å². The second kappa shape index (κ2) is 7.29. The molecule has 1 aliphatic rings. The van der Waals surface area contributed by atoms with Gasteiger partial charge in [0.05, 0.1) is 0 Å².